The topological polar surface area (TPSA) is 95.7 Å². The zero-order valence-electron chi connectivity index (χ0n) is 16.3. The number of esters is 1. The Balaban J connectivity index is 1.63. The molecule has 2 heterocycles. The summed E-state index contributed by atoms with van der Waals surface area (Å²) in [6.45, 7) is 3.37. The van der Waals surface area contributed by atoms with Crippen LogP contribution in [-0.4, -0.2) is 36.1 Å². The predicted molar refractivity (Wildman–Crippen MR) is 107 cm³/mol. The molecule has 150 valence electrons. The molecule has 0 atom stereocenters. The molecule has 8 nitrogen and oxygen atoms in total. The molecule has 0 aliphatic heterocycles. The maximum absolute atomic E-state index is 13.6. The molecule has 0 unspecified atom stereocenters. The molecule has 30 heavy (non-hydrogen) atoms. The van der Waals surface area contributed by atoms with Gasteiger partial charge in [0, 0.05) is 0 Å². The number of halogens is 1. The third kappa shape index (κ3) is 4.04. The van der Waals surface area contributed by atoms with Crippen LogP contribution in [0.1, 0.15) is 22.8 Å². The second-order valence-corrected chi connectivity index (χ2v) is 6.54. The van der Waals surface area contributed by atoms with Gasteiger partial charge in [0.1, 0.15) is 12.4 Å². The highest BCUT2D eigenvalue weighted by molar-refractivity contribution is 6.15. The molecule has 4 aromatic rings. The smallest absolute Gasteiger partial charge is 0.357 e. The summed E-state index contributed by atoms with van der Waals surface area (Å²) < 4.78 is 20.3. The van der Waals surface area contributed by atoms with Gasteiger partial charge in [0.15, 0.2) is 11.5 Å². The van der Waals surface area contributed by atoms with E-state index in [-0.39, 0.29) is 12.3 Å². The number of carbonyl (C=O) groups is 1. The number of benzene rings is 2. The lowest BCUT2D eigenvalue weighted by molar-refractivity contribution is -0.138. The maximum Gasteiger partial charge on any atom is 0.357 e. The van der Waals surface area contributed by atoms with Crippen molar-refractivity contribution in [2.75, 3.05) is 0 Å². The number of hydrogen-bond acceptors (Lipinski definition) is 7. The Hall–Kier alpha value is -4.01. The fourth-order valence-corrected chi connectivity index (χ4v) is 2.88. The molecule has 0 saturated heterocycles. The SMILES string of the molecule is Cc1nc2ccccc2nc1COC(=O)/C(=C/c1cccc(F)c1)n1nnnc1C. The van der Waals surface area contributed by atoms with Gasteiger partial charge in [0.25, 0.3) is 0 Å². The number of hydrogen-bond donors (Lipinski definition) is 0. The summed E-state index contributed by atoms with van der Waals surface area (Å²) in [6.07, 6.45) is 1.47. The highest BCUT2D eigenvalue weighted by Crippen LogP contribution is 2.17. The van der Waals surface area contributed by atoms with Crippen molar-refractivity contribution in [2.45, 2.75) is 20.5 Å². The van der Waals surface area contributed by atoms with Crippen LogP contribution in [-0.2, 0) is 16.1 Å². The van der Waals surface area contributed by atoms with Crippen LogP contribution in [0.4, 0.5) is 4.39 Å². The van der Waals surface area contributed by atoms with E-state index in [1.54, 1.807) is 26.0 Å². The Kier molecular flexibility index (Phi) is 5.25. The van der Waals surface area contributed by atoms with Gasteiger partial charge in [-0.2, -0.15) is 4.68 Å². The molecule has 0 fully saturated rings. The van der Waals surface area contributed by atoms with Gasteiger partial charge in [-0.15, -0.1) is 5.10 Å². The number of para-hydroxylation sites is 2. The average Bonchev–Trinajstić information content (AvgIpc) is 3.16. The Morgan fingerprint density at radius 2 is 1.87 bits per heavy atom. The van der Waals surface area contributed by atoms with Gasteiger partial charge in [-0.05, 0) is 60.2 Å². The Morgan fingerprint density at radius 1 is 1.10 bits per heavy atom. The number of carbonyl (C=O) groups excluding carboxylic acids is 1. The molecule has 2 aromatic heterocycles. The summed E-state index contributed by atoms with van der Waals surface area (Å²) in [5.74, 6) is -0.715. The van der Waals surface area contributed by atoms with Crippen molar-refractivity contribution in [1.82, 2.24) is 30.2 Å². The molecule has 0 aliphatic carbocycles. The first kappa shape index (κ1) is 19.3. The number of tetrazole rings is 1. The molecule has 0 spiro atoms. The number of nitrogens with zero attached hydrogens (tertiary/aromatic N) is 6. The van der Waals surface area contributed by atoms with Crippen LogP contribution in [0.15, 0.2) is 48.5 Å². The lowest BCUT2D eigenvalue weighted by Crippen LogP contribution is -2.16. The molecule has 0 saturated carbocycles. The van der Waals surface area contributed by atoms with Gasteiger partial charge in [0.05, 0.1) is 22.4 Å². The van der Waals surface area contributed by atoms with E-state index < -0.39 is 11.8 Å². The van der Waals surface area contributed by atoms with E-state index in [1.807, 2.05) is 24.3 Å². The first-order valence-electron chi connectivity index (χ1n) is 9.13. The van der Waals surface area contributed by atoms with Gasteiger partial charge in [-0.3, -0.25) is 0 Å². The molecule has 0 radical (unpaired) electrons. The van der Waals surface area contributed by atoms with Gasteiger partial charge < -0.3 is 4.74 Å². The van der Waals surface area contributed by atoms with E-state index in [9.17, 15) is 9.18 Å². The molecule has 0 N–H and O–H groups in total. The fourth-order valence-electron chi connectivity index (χ4n) is 2.88. The zero-order chi connectivity index (χ0) is 21.1. The van der Waals surface area contributed by atoms with Crippen LogP contribution in [0, 0.1) is 19.7 Å². The van der Waals surface area contributed by atoms with Gasteiger partial charge >= 0.3 is 5.97 Å². The second kappa shape index (κ2) is 8.16. The minimum atomic E-state index is -0.677. The highest BCUT2D eigenvalue weighted by Gasteiger charge is 2.19. The quantitative estimate of drug-likeness (QED) is 0.372. The van der Waals surface area contributed by atoms with Crippen LogP contribution >= 0.6 is 0 Å². The van der Waals surface area contributed by atoms with Crippen LogP contribution in [0.25, 0.3) is 22.8 Å². The van der Waals surface area contributed by atoms with Crippen molar-refractivity contribution >= 4 is 28.8 Å². The van der Waals surface area contributed by atoms with Gasteiger partial charge in [-0.1, -0.05) is 24.3 Å². The summed E-state index contributed by atoms with van der Waals surface area (Å²) in [7, 11) is 0. The minimum Gasteiger partial charge on any atom is -0.454 e. The molecule has 2 aromatic carbocycles. The summed E-state index contributed by atoms with van der Waals surface area (Å²) in [5, 5.41) is 11.2. The van der Waals surface area contributed by atoms with E-state index in [4.69, 9.17) is 4.74 Å². The van der Waals surface area contributed by atoms with Crippen molar-refractivity contribution in [3.05, 3.63) is 77.1 Å². The summed E-state index contributed by atoms with van der Waals surface area (Å²) in [6, 6.07) is 13.3. The lowest BCUT2D eigenvalue weighted by Gasteiger charge is -2.10. The normalized spacial score (nSPS) is 11.6. The van der Waals surface area contributed by atoms with E-state index in [0.717, 1.165) is 5.52 Å². The van der Waals surface area contributed by atoms with Gasteiger partial charge in [-0.25, -0.2) is 19.2 Å². The van der Waals surface area contributed by atoms with E-state index in [0.29, 0.717) is 28.3 Å². The molecule has 4 rings (SSSR count). The maximum atomic E-state index is 13.6. The largest absolute Gasteiger partial charge is 0.454 e. The second-order valence-electron chi connectivity index (χ2n) is 6.54. The monoisotopic (exact) mass is 404 g/mol. The van der Waals surface area contributed by atoms with Crippen molar-refractivity contribution in [3.63, 3.8) is 0 Å². The first-order valence-corrected chi connectivity index (χ1v) is 9.13. The van der Waals surface area contributed by atoms with Crippen molar-refractivity contribution in [2.24, 2.45) is 0 Å². The number of fused-ring (bicyclic) bond motifs is 1. The van der Waals surface area contributed by atoms with E-state index >= 15 is 0 Å². The summed E-state index contributed by atoms with van der Waals surface area (Å²) >= 11 is 0. The molecular weight excluding hydrogens is 387 g/mol. The molecule has 9 heteroatoms. The Morgan fingerprint density at radius 3 is 2.57 bits per heavy atom. The van der Waals surface area contributed by atoms with E-state index in [1.165, 1.54) is 22.9 Å². The van der Waals surface area contributed by atoms with Gasteiger partial charge in [0.2, 0.25) is 0 Å². The van der Waals surface area contributed by atoms with Crippen LogP contribution in [0.2, 0.25) is 0 Å². The predicted octanol–water partition coefficient (Wildman–Crippen LogP) is 3.11. The van der Waals surface area contributed by atoms with Crippen LogP contribution < -0.4 is 0 Å². The van der Waals surface area contributed by atoms with E-state index in [2.05, 4.69) is 25.5 Å². The number of aromatic nitrogens is 6. The molecular formula is C21H17FN6O2. The lowest BCUT2D eigenvalue weighted by atomic mass is 10.2. The summed E-state index contributed by atoms with van der Waals surface area (Å²) in [5.41, 5.74) is 3.20. The Bertz CT molecular complexity index is 1270. The van der Waals surface area contributed by atoms with Crippen molar-refractivity contribution in [1.29, 1.82) is 0 Å². The zero-order valence-corrected chi connectivity index (χ0v) is 16.3. The molecule has 0 aliphatic rings. The van der Waals surface area contributed by atoms with Crippen LogP contribution in [0.5, 0.6) is 0 Å². The number of aryl methyl sites for hydroxylation is 2. The average molecular weight is 404 g/mol. The third-order valence-corrected chi connectivity index (χ3v) is 4.40. The molecule has 0 bridgehead atoms. The van der Waals surface area contributed by atoms with Crippen molar-refractivity contribution < 1.29 is 13.9 Å². The Labute approximate surface area is 171 Å². The standard InChI is InChI=1S/C21H17FN6O2/c1-13-19(24-18-9-4-3-8-17(18)23-13)12-30-21(29)20(28-14(2)25-26-27-28)11-15-6-5-7-16(22)10-15/h3-11H,12H2,1-2H3/b20-11-. The highest BCUT2D eigenvalue weighted by atomic mass is 19.1. The third-order valence-electron chi connectivity index (χ3n) is 4.40. The minimum absolute atomic E-state index is 0.0505. The van der Waals surface area contributed by atoms with Crippen LogP contribution in [0.3, 0.4) is 0 Å². The number of ether oxygens (including phenoxy) is 1. The molecule has 0 amide bonds. The summed E-state index contributed by atoms with van der Waals surface area (Å²) in [4.78, 5) is 21.9. The first-order chi connectivity index (χ1) is 14.5. The van der Waals surface area contributed by atoms with Crippen molar-refractivity contribution in [3.8, 4) is 0 Å². The fraction of sp³-hybridized carbons (Fsp3) is 0.143. The number of rotatable bonds is 5.